The molecule has 12 heteroatoms. The van der Waals surface area contributed by atoms with Gasteiger partial charge in [-0.05, 0) is 106 Å². The van der Waals surface area contributed by atoms with E-state index in [9.17, 15) is 23.6 Å². The van der Waals surface area contributed by atoms with Crippen molar-refractivity contribution in [1.29, 1.82) is 0 Å². The number of anilines is 1. The topological polar surface area (TPSA) is 102 Å². The van der Waals surface area contributed by atoms with Crippen LogP contribution in [0.5, 0.6) is 5.75 Å². The molecule has 1 heterocycles. The van der Waals surface area contributed by atoms with Gasteiger partial charge >= 0.3 is 5.97 Å². The largest absolute Gasteiger partial charge is 0.480 e. The zero-order chi connectivity index (χ0) is 24.8. The van der Waals surface area contributed by atoms with Crippen molar-refractivity contribution in [3.05, 3.63) is 59.8 Å². The molecule has 8 nitrogen and oxygen atoms in total. The van der Waals surface area contributed by atoms with Gasteiger partial charge in [-0.2, -0.15) is 0 Å². The van der Waals surface area contributed by atoms with E-state index < -0.39 is 35.4 Å². The third-order valence-electron chi connectivity index (χ3n) is 4.24. The van der Waals surface area contributed by atoms with E-state index >= 15 is 0 Å². The van der Waals surface area contributed by atoms with Crippen LogP contribution in [0.2, 0.25) is 0 Å². The van der Waals surface area contributed by atoms with Gasteiger partial charge < -0.3 is 14.8 Å². The van der Waals surface area contributed by atoms with Crippen LogP contribution in [0.15, 0.2) is 41.3 Å². The fourth-order valence-electron chi connectivity index (χ4n) is 2.83. The van der Waals surface area contributed by atoms with Gasteiger partial charge in [0.15, 0.2) is 6.61 Å². The Balaban J connectivity index is 1.69. The van der Waals surface area contributed by atoms with Crippen molar-refractivity contribution in [3.8, 4) is 5.75 Å². The van der Waals surface area contributed by atoms with Gasteiger partial charge in [0.05, 0.1) is 18.7 Å². The van der Waals surface area contributed by atoms with Crippen molar-refractivity contribution in [3.63, 3.8) is 0 Å². The molecule has 3 amide bonds. The summed E-state index contributed by atoms with van der Waals surface area (Å²) in [5, 5.41) is 1.88. The van der Waals surface area contributed by atoms with Crippen LogP contribution in [0.3, 0.4) is 0 Å². The number of carbonyl (C=O) groups is 4. The van der Waals surface area contributed by atoms with E-state index in [0.717, 1.165) is 22.7 Å². The van der Waals surface area contributed by atoms with E-state index in [1.165, 1.54) is 18.2 Å². The molecule has 0 atom stereocenters. The molecular weight excluding hydrogens is 693 g/mol. The van der Waals surface area contributed by atoms with Crippen molar-refractivity contribution >= 4 is 91.7 Å². The lowest BCUT2D eigenvalue weighted by Crippen LogP contribution is -2.36. The van der Waals surface area contributed by atoms with Gasteiger partial charge in [0.2, 0.25) is 5.91 Å². The number of amides is 3. The van der Waals surface area contributed by atoms with Crippen LogP contribution in [0.4, 0.5) is 14.9 Å². The van der Waals surface area contributed by atoms with E-state index in [1.54, 1.807) is 25.1 Å². The van der Waals surface area contributed by atoms with Gasteiger partial charge in [0.25, 0.3) is 11.1 Å². The first kappa shape index (κ1) is 26.4. The van der Waals surface area contributed by atoms with E-state index in [-0.39, 0.29) is 23.8 Å². The monoisotopic (exact) mass is 710 g/mol. The molecule has 1 N–H and O–H groups in total. The summed E-state index contributed by atoms with van der Waals surface area (Å²) in [6, 6.07) is 8.79. The van der Waals surface area contributed by atoms with E-state index in [4.69, 9.17) is 9.47 Å². The number of hydrogen-bond donors (Lipinski definition) is 1. The number of halogens is 3. The SMILES string of the molecule is CCOC(=O)COc1c(I)cc(/C=C2/SC(=O)N(CC(=O)Nc3cccc(F)c3)C2=O)cc1I. The summed E-state index contributed by atoms with van der Waals surface area (Å²) in [4.78, 5) is 49.9. The van der Waals surface area contributed by atoms with E-state index in [0.29, 0.717) is 18.5 Å². The highest BCUT2D eigenvalue weighted by Crippen LogP contribution is 2.34. The second-order valence-corrected chi connectivity index (χ2v) is 10.1. The van der Waals surface area contributed by atoms with E-state index in [1.807, 2.05) is 45.2 Å². The number of rotatable bonds is 8. The van der Waals surface area contributed by atoms with Gasteiger partial charge in [-0.3, -0.25) is 19.3 Å². The Hall–Kier alpha value is -2.20. The highest BCUT2D eigenvalue weighted by atomic mass is 127. The summed E-state index contributed by atoms with van der Waals surface area (Å²) < 4.78 is 25.1. The number of benzene rings is 2. The molecule has 0 bridgehead atoms. The first-order valence-corrected chi connectivity index (χ1v) is 12.7. The first-order valence-electron chi connectivity index (χ1n) is 9.76. The van der Waals surface area contributed by atoms with Crippen molar-refractivity contribution < 1.29 is 33.0 Å². The fourth-order valence-corrected chi connectivity index (χ4v) is 5.80. The second kappa shape index (κ2) is 12.0. The van der Waals surface area contributed by atoms with Gasteiger partial charge in [0.1, 0.15) is 18.1 Å². The minimum Gasteiger partial charge on any atom is -0.480 e. The summed E-state index contributed by atoms with van der Waals surface area (Å²) >= 11 is 4.82. The van der Waals surface area contributed by atoms with E-state index in [2.05, 4.69) is 5.32 Å². The Morgan fingerprint density at radius 1 is 1.18 bits per heavy atom. The molecule has 0 aromatic heterocycles. The van der Waals surface area contributed by atoms with Crippen molar-refractivity contribution in [1.82, 2.24) is 4.90 Å². The van der Waals surface area contributed by atoms with Gasteiger partial charge in [-0.15, -0.1) is 0 Å². The predicted octanol–water partition coefficient (Wildman–Crippen LogP) is 4.65. The number of thioether (sulfide) groups is 1. The van der Waals surface area contributed by atoms with Crippen LogP contribution in [0.1, 0.15) is 12.5 Å². The molecule has 0 spiro atoms. The van der Waals surface area contributed by atoms with Crippen molar-refractivity contribution in [2.75, 3.05) is 25.1 Å². The van der Waals surface area contributed by atoms with Crippen LogP contribution < -0.4 is 10.1 Å². The molecule has 178 valence electrons. The molecule has 1 aliphatic rings. The third-order valence-corrected chi connectivity index (χ3v) is 6.75. The number of ether oxygens (including phenoxy) is 2. The molecule has 0 aliphatic carbocycles. The fraction of sp³-hybridized carbons (Fsp3) is 0.182. The molecule has 2 aromatic carbocycles. The van der Waals surface area contributed by atoms with Gasteiger partial charge in [-0.25, -0.2) is 9.18 Å². The zero-order valence-corrected chi connectivity index (χ0v) is 22.7. The van der Waals surface area contributed by atoms with Crippen LogP contribution in [0, 0.1) is 13.0 Å². The van der Waals surface area contributed by atoms with Crippen molar-refractivity contribution in [2.45, 2.75) is 6.92 Å². The lowest BCUT2D eigenvalue weighted by atomic mass is 10.2. The number of carbonyl (C=O) groups excluding carboxylic acids is 4. The molecule has 34 heavy (non-hydrogen) atoms. The molecular formula is C22H17FI2N2O6S. The molecule has 3 rings (SSSR count). The first-order chi connectivity index (χ1) is 16.2. The maximum Gasteiger partial charge on any atom is 0.344 e. The molecule has 2 aromatic rings. The average molecular weight is 710 g/mol. The Morgan fingerprint density at radius 2 is 1.88 bits per heavy atom. The standard InChI is InChI=1S/C22H17FI2N2O6S/c1-2-32-19(29)11-33-20-15(24)6-12(7-16(20)25)8-17-21(30)27(22(31)34-17)10-18(28)26-14-5-3-4-13(23)9-14/h3-9H,2,10-11H2,1H3,(H,26,28)/b17-8+. The minimum absolute atomic E-state index is 0.162. The Morgan fingerprint density at radius 3 is 2.53 bits per heavy atom. The number of nitrogens with zero attached hydrogens (tertiary/aromatic N) is 1. The van der Waals surface area contributed by atoms with Crippen LogP contribution in [-0.4, -0.2) is 47.7 Å². The molecule has 0 saturated carbocycles. The summed E-state index contributed by atoms with van der Waals surface area (Å²) in [7, 11) is 0. The lowest BCUT2D eigenvalue weighted by Gasteiger charge is -2.12. The molecule has 1 aliphatic heterocycles. The van der Waals surface area contributed by atoms with Gasteiger partial charge in [0, 0.05) is 5.69 Å². The number of nitrogens with one attached hydrogen (secondary N) is 1. The zero-order valence-electron chi connectivity index (χ0n) is 17.6. The maximum atomic E-state index is 13.3. The summed E-state index contributed by atoms with van der Waals surface area (Å²) in [5.74, 6) is -1.71. The molecule has 1 saturated heterocycles. The quantitative estimate of drug-likeness (QED) is 0.242. The number of esters is 1. The minimum atomic E-state index is -0.624. The van der Waals surface area contributed by atoms with Crippen LogP contribution in [-0.2, 0) is 19.1 Å². The van der Waals surface area contributed by atoms with Crippen LogP contribution >= 0.6 is 56.9 Å². The maximum absolute atomic E-state index is 13.3. The third kappa shape index (κ3) is 6.91. The summed E-state index contributed by atoms with van der Waals surface area (Å²) in [6.45, 7) is 1.25. The highest BCUT2D eigenvalue weighted by Gasteiger charge is 2.36. The summed E-state index contributed by atoms with van der Waals surface area (Å²) in [6.07, 6.45) is 1.55. The molecule has 0 unspecified atom stereocenters. The molecule has 0 radical (unpaired) electrons. The Bertz CT molecular complexity index is 1170. The number of imide groups is 1. The van der Waals surface area contributed by atoms with Gasteiger partial charge in [-0.1, -0.05) is 6.07 Å². The lowest BCUT2D eigenvalue weighted by molar-refractivity contribution is -0.145. The summed E-state index contributed by atoms with van der Waals surface area (Å²) in [5.41, 5.74) is 0.869. The normalized spacial score (nSPS) is 14.5. The smallest absolute Gasteiger partial charge is 0.344 e. The second-order valence-electron chi connectivity index (χ2n) is 6.73. The predicted molar refractivity (Wildman–Crippen MR) is 142 cm³/mol. The highest BCUT2D eigenvalue weighted by molar-refractivity contribution is 14.1. The van der Waals surface area contributed by atoms with Crippen LogP contribution in [0.25, 0.3) is 6.08 Å². The number of hydrogen-bond acceptors (Lipinski definition) is 7. The van der Waals surface area contributed by atoms with Crippen molar-refractivity contribution in [2.24, 2.45) is 0 Å². The Labute approximate surface area is 225 Å². The molecule has 1 fully saturated rings. The average Bonchev–Trinajstić information content (AvgIpc) is 3.00. The Kier molecular flexibility index (Phi) is 9.30.